The summed E-state index contributed by atoms with van der Waals surface area (Å²) >= 11 is 3.20. The zero-order valence-electron chi connectivity index (χ0n) is 11.8. The van der Waals surface area contributed by atoms with Gasteiger partial charge in [0.1, 0.15) is 11.5 Å². The molecule has 114 valence electrons. The number of rotatable bonds is 3. The van der Waals surface area contributed by atoms with Crippen molar-refractivity contribution in [3.8, 4) is 0 Å². The van der Waals surface area contributed by atoms with Crippen molar-refractivity contribution in [2.24, 2.45) is 0 Å². The molecule has 0 bridgehead atoms. The second-order valence-electron chi connectivity index (χ2n) is 4.92. The van der Waals surface area contributed by atoms with Crippen LogP contribution >= 0.6 is 15.9 Å². The molecule has 2 nitrogen and oxygen atoms in total. The van der Waals surface area contributed by atoms with E-state index in [9.17, 15) is 13.2 Å². The van der Waals surface area contributed by atoms with E-state index in [1.165, 1.54) is 12.1 Å². The highest BCUT2D eigenvalue weighted by Crippen LogP contribution is 2.38. The van der Waals surface area contributed by atoms with Crippen LogP contribution in [0.25, 0.3) is 0 Å². The number of hydrogen-bond donors (Lipinski definition) is 1. The molecule has 1 atom stereocenters. The summed E-state index contributed by atoms with van der Waals surface area (Å²) in [6.07, 6.45) is -4.40. The molecule has 0 aliphatic carbocycles. The fourth-order valence-electron chi connectivity index (χ4n) is 2.27. The molecule has 6 heteroatoms. The van der Waals surface area contributed by atoms with Gasteiger partial charge in [0.15, 0.2) is 0 Å². The van der Waals surface area contributed by atoms with Gasteiger partial charge in [0.25, 0.3) is 0 Å². The molecule has 0 fully saturated rings. The average Bonchev–Trinajstić information content (AvgIpc) is 2.67. The monoisotopic (exact) mass is 361 g/mol. The summed E-state index contributed by atoms with van der Waals surface area (Å²) in [4.78, 5) is 0. The molecule has 1 unspecified atom stereocenters. The van der Waals surface area contributed by atoms with E-state index < -0.39 is 11.7 Å². The van der Waals surface area contributed by atoms with Gasteiger partial charge in [0.2, 0.25) is 0 Å². The Balaban J connectivity index is 2.35. The molecule has 1 aromatic heterocycles. The molecule has 0 aliphatic heterocycles. The van der Waals surface area contributed by atoms with Crippen molar-refractivity contribution in [2.75, 3.05) is 5.32 Å². The lowest BCUT2D eigenvalue weighted by atomic mass is 10.1. The third kappa shape index (κ3) is 3.61. The van der Waals surface area contributed by atoms with Crippen LogP contribution in [0.15, 0.2) is 33.2 Å². The lowest BCUT2D eigenvalue weighted by molar-refractivity contribution is -0.137. The highest BCUT2D eigenvalue weighted by molar-refractivity contribution is 9.10. The largest absolute Gasteiger partial charge is 0.466 e. The standard InChI is InChI=1S/C15H15BrF3NO/c1-8-6-12(10(3)21-8)9(2)20-14-7-11(16)4-5-13(14)15(17,18)19/h4-7,9,20H,1-3H3. The molecular formula is C15H15BrF3NO. The van der Waals surface area contributed by atoms with Crippen LogP contribution < -0.4 is 5.32 Å². The number of anilines is 1. The first-order chi connectivity index (χ1) is 9.68. The lowest BCUT2D eigenvalue weighted by Gasteiger charge is -2.19. The lowest BCUT2D eigenvalue weighted by Crippen LogP contribution is -2.13. The number of furan rings is 1. The minimum absolute atomic E-state index is 0.0441. The van der Waals surface area contributed by atoms with E-state index >= 15 is 0 Å². The number of halogens is 4. The summed E-state index contributed by atoms with van der Waals surface area (Å²) in [5.41, 5.74) is 0.207. The smallest absolute Gasteiger partial charge is 0.418 e. The molecule has 1 heterocycles. The topological polar surface area (TPSA) is 25.2 Å². The van der Waals surface area contributed by atoms with Crippen molar-refractivity contribution in [3.63, 3.8) is 0 Å². The SMILES string of the molecule is Cc1cc(C(C)Nc2cc(Br)ccc2C(F)(F)F)c(C)o1. The van der Waals surface area contributed by atoms with Crippen LogP contribution in [0.2, 0.25) is 0 Å². The summed E-state index contributed by atoms with van der Waals surface area (Å²) in [5, 5.41) is 2.92. The third-order valence-corrected chi connectivity index (χ3v) is 3.70. The summed E-state index contributed by atoms with van der Waals surface area (Å²) in [5.74, 6) is 1.44. The van der Waals surface area contributed by atoms with Crippen molar-refractivity contribution >= 4 is 21.6 Å². The van der Waals surface area contributed by atoms with Gasteiger partial charge in [-0.05, 0) is 45.0 Å². The fraction of sp³-hybridized carbons (Fsp3) is 0.333. The Kier molecular flexibility index (Phi) is 4.37. The first-order valence-corrected chi connectivity index (χ1v) is 7.18. The van der Waals surface area contributed by atoms with E-state index in [2.05, 4.69) is 21.2 Å². The van der Waals surface area contributed by atoms with Crippen LogP contribution in [0.4, 0.5) is 18.9 Å². The van der Waals surface area contributed by atoms with Gasteiger partial charge < -0.3 is 9.73 Å². The molecule has 0 saturated heterocycles. The van der Waals surface area contributed by atoms with Crippen LogP contribution in [0, 0.1) is 13.8 Å². The Labute approximate surface area is 129 Å². The van der Waals surface area contributed by atoms with Crippen molar-refractivity contribution < 1.29 is 17.6 Å². The van der Waals surface area contributed by atoms with Gasteiger partial charge >= 0.3 is 6.18 Å². The van der Waals surface area contributed by atoms with E-state index in [4.69, 9.17) is 4.42 Å². The summed E-state index contributed by atoms with van der Waals surface area (Å²) in [6.45, 7) is 5.41. The van der Waals surface area contributed by atoms with Crippen molar-refractivity contribution in [1.82, 2.24) is 0 Å². The van der Waals surface area contributed by atoms with E-state index in [1.807, 2.05) is 13.0 Å². The van der Waals surface area contributed by atoms with Gasteiger partial charge in [-0.1, -0.05) is 15.9 Å². The van der Waals surface area contributed by atoms with Gasteiger partial charge in [0.05, 0.1) is 11.6 Å². The first-order valence-electron chi connectivity index (χ1n) is 6.38. The minimum atomic E-state index is -4.40. The van der Waals surface area contributed by atoms with E-state index in [1.54, 1.807) is 13.8 Å². The second kappa shape index (κ2) is 5.75. The summed E-state index contributed by atoms with van der Waals surface area (Å²) in [7, 11) is 0. The molecule has 0 amide bonds. The maximum absolute atomic E-state index is 13.0. The first kappa shape index (κ1) is 15.9. The quantitative estimate of drug-likeness (QED) is 0.741. The molecule has 1 N–H and O–H groups in total. The molecule has 2 aromatic rings. The van der Waals surface area contributed by atoms with Gasteiger partial charge in [-0.2, -0.15) is 13.2 Å². The molecule has 0 aliphatic rings. The molecule has 21 heavy (non-hydrogen) atoms. The third-order valence-electron chi connectivity index (χ3n) is 3.20. The number of hydrogen-bond acceptors (Lipinski definition) is 2. The Bertz CT molecular complexity index is 649. The normalized spacial score (nSPS) is 13.3. The van der Waals surface area contributed by atoms with Gasteiger partial charge in [0, 0.05) is 15.7 Å². The number of aryl methyl sites for hydroxylation is 2. The number of alkyl halides is 3. The van der Waals surface area contributed by atoms with Crippen molar-refractivity contribution in [3.05, 3.63) is 51.4 Å². The van der Waals surface area contributed by atoms with Gasteiger partial charge in [-0.15, -0.1) is 0 Å². The molecular weight excluding hydrogens is 347 g/mol. The second-order valence-corrected chi connectivity index (χ2v) is 5.84. The van der Waals surface area contributed by atoms with E-state index in [0.717, 1.165) is 17.4 Å². The molecule has 2 rings (SSSR count). The van der Waals surface area contributed by atoms with Crippen LogP contribution in [-0.4, -0.2) is 0 Å². The molecule has 0 radical (unpaired) electrons. The zero-order valence-corrected chi connectivity index (χ0v) is 13.4. The van der Waals surface area contributed by atoms with Gasteiger partial charge in [-0.25, -0.2) is 0 Å². The molecule has 0 saturated carbocycles. The highest BCUT2D eigenvalue weighted by atomic mass is 79.9. The molecule has 1 aromatic carbocycles. The Morgan fingerprint density at radius 2 is 1.86 bits per heavy atom. The maximum Gasteiger partial charge on any atom is 0.418 e. The van der Waals surface area contributed by atoms with Gasteiger partial charge in [-0.3, -0.25) is 0 Å². The predicted molar refractivity (Wildman–Crippen MR) is 79.4 cm³/mol. The Morgan fingerprint density at radius 1 is 1.19 bits per heavy atom. The summed E-state index contributed by atoms with van der Waals surface area (Å²) < 4.78 is 45.1. The van der Waals surface area contributed by atoms with Crippen LogP contribution in [-0.2, 0) is 6.18 Å². The Hall–Kier alpha value is -1.43. The average molecular weight is 362 g/mol. The van der Waals surface area contributed by atoms with Crippen LogP contribution in [0.5, 0.6) is 0 Å². The van der Waals surface area contributed by atoms with Crippen molar-refractivity contribution in [1.29, 1.82) is 0 Å². The Morgan fingerprint density at radius 3 is 2.38 bits per heavy atom. The minimum Gasteiger partial charge on any atom is -0.466 e. The fourth-order valence-corrected chi connectivity index (χ4v) is 2.64. The zero-order chi connectivity index (χ0) is 15.8. The van der Waals surface area contributed by atoms with Crippen LogP contribution in [0.1, 0.15) is 35.6 Å². The van der Waals surface area contributed by atoms with E-state index in [-0.39, 0.29) is 11.7 Å². The number of nitrogens with one attached hydrogen (secondary N) is 1. The predicted octanol–water partition coefficient (Wildman–Crippen LogP) is 5.85. The molecule has 0 spiro atoms. The van der Waals surface area contributed by atoms with E-state index in [0.29, 0.717) is 10.2 Å². The van der Waals surface area contributed by atoms with Crippen LogP contribution in [0.3, 0.4) is 0 Å². The van der Waals surface area contributed by atoms with Crippen molar-refractivity contribution in [2.45, 2.75) is 33.0 Å². The number of benzene rings is 1. The summed E-state index contributed by atoms with van der Waals surface area (Å²) in [6, 6.07) is 5.41. The highest BCUT2D eigenvalue weighted by Gasteiger charge is 2.34. The maximum atomic E-state index is 13.0.